The highest BCUT2D eigenvalue weighted by molar-refractivity contribution is 7.92. The highest BCUT2D eigenvalue weighted by Gasteiger charge is 2.30. The number of para-hydroxylation sites is 1. The molecule has 1 amide bonds. The number of ketones is 1. The number of benzene rings is 2. The summed E-state index contributed by atoms with van der Waals surface area (Å²) in [6, 6.07) is 13.4. The molecule has 0 bridgehead atoms. The summed E-state index contributed by atoms with van der Waals surface area (Å²) in [6.07, 6.45) is 3.16. The number of anilines is 1. The molecular weight excluding hydrogens is 388 g/mol. The zero-order chi connectivity index (χ0) is 20.6. The van der Waals surface area contributed by atoms with Crippen LogP contribution in [0, 0.1) is 6.92 Å². The third kappa shape index (κ3) is 3.58. The summed E-state index contributed by atoms with van der Waals surface area (Å²) in [5, 5.41) is 2.87. The number of aromatic amines is 1. The Hall–Kier alpha value is -2.93. The number of hydrogen-bond donors (Lipinski definition) is 2. The molecule has 0 spiro atoms. The number of aromatic nitrogens is 1. The van der Waals surface area contributed by atoms with E-state index in [1.54, 1.807) is 25.1 Å². The van der Waals surface area contributed by atoms with Gasteiger partial charge in [-0.05, 0) is 44.0 Å². The average Bonchev–Trinajstić information content (AvgIpc) is 3.35. The fourth-order valence-electron chi connectivity index (χ4n) is 4.01. The van der Waals surface area contributed by atoms with Crippen LogP contribution in [0.2, 0.25) is 0 Å². The standard InChI is InChI=1S/C22H22N2O4S/c1-14-20(18-11-4-5-12-19(18)23-14)21(25)22(26)24-15-7-6-10-17(13-15)29(27,28)16-8-2-3-9-16/h4-7,10-13,16,23H,2-3,8-9H2,1H3,(H,24,26). The van der Waals surface area contributed by atoms with Crippen LogP contribution in [0.3, 0.4) is 0 Å². The van der Waals surface area contributed by atoms with Crippen LogP contribution in [0.15, 0.2) is 53.4 Å². The minimum absolute atomic E-state index is 0.179. The molecule has 2 N–H and O–H groups in total. The first-order valence-corrected chi connectivity index (χ1v) is 11.2. The molecule has 0 unspecified atom stereocenters. The van der Waals surface area contributed by atoms with Crippen molar-refractivity contribution >= 4 is 38.1 Å². The van der Waals surface area contributed by atoms with E-state index in [2.05, 4.69) is 10.3 Å². The van der Waals surface area contributed by atoms with Gasteiger partial charge in [-0.25, -0.2) is 8.42 Å². The molecule has 150 valence electrons. The van der Waals surface area contributed by atoms with E-state index in [1.165, 1.54) is 12.1 Å². The molecule has 1 heterocycles. The van der Waals surface area contributed by atoms with E-state index in [-0.39, 0.29) is 10.1 Å². The average molecular weight is 410 g/mol. The van der Waals surface area contributed by atoms with E-state index >= 15 is 0 Å². The normalized spacial score (nSPS) is 14.9. The van der Waals surface area contributed by atoms with Crippen LogP contribution in [0.4, 0.5) is 5.69 Å². The van der Waals surface area contributed by atoms with Crippen molar-refractivity contribution in [3.63, 3.8) is 0 Å². The van der Waals surface area contributed by atoms with E-state index in [1.807, 2.05) is 18.2 Å². The van der Waals surface area contributed by atoms with Gasteiger partial charge < -0.3 is 10.3 Å². The number of hydrogen-bond acceptors (Lipinski definition) is 4. The fraction of sp³-hybridized carbons (Fsp3) is 0.273. The number of carbonyl (C=O) groups excluding carboxylic acids is 2. The zero-order valence-electron chi connectivity index (χ0n) is 16.1. The molecule has 1 aliphatic carbocycles. The quantitative estimate of drug-likeness (QED) is 0.491. The van der Waals surface area contributed by atoms with Gasteiger partial charge in [-0.3, -0.25) is 9.59 Å². The van der Waals surface area contributed by atoms with Gasteiger partial charge in [0.1, 0.15) is 0 Å². The first-order valence-electron chi connectivity index (χ1n) is 9.65. The monoisotopic (exact) mass is 410 g/mol. The summed E-state index contributed by atoms with van der Waals surface area (Å²) in [5.41, 5.74) is 2.02. The third-order valence-corrected chi connectivity index (χ3v) is 7.75. The van der Waals surface area contributed by atoms with E-state index in [4.69, 9.17) is 0 Å². The van der Waals surface area contributed by atoms with Crippen molar-refractivity contribution in [2.45, 2.75) is 42.8 Å². The van der Waals surface area contributed by atoms with Crippen molar-refractivity contribution < 1.29 is 18.0 Å². The second kappa shape index (κ2) is 7.48. The topological polar surface area (TPSA) is 96.1 Å². The van der Waals surface area contributed by atoms with Crippen molar-refractivity contribution in [3.8, 4) is 0 Å². The summed E-state index contributed by atoms with van der Waals surface area (Å²) < 4.78 is 25.6. The molecule has 6 nitrogen and oxygen atoms in total. The van der Waals surface area contributed by atoms with Crippen molar-refractivity contribution in [1.82, 2.24) is 4.98 Å². The molecule has 0 aliphatic heterocycles. The lowest BCUT2D eigenvalue weighted by molar-refractivity contribution is -0.112. The zero-order valence-corrected chi connectivity index (χ0v) is 16.9. The predicted molar refractivity (Wildman–Crippen MR) is 112 cm³/mol. The third-order valence-electron chi connectivity index (χ3n) is 5.49. The molecule has 1 fully saturated rings. The van der Waals surface area contributed by atoms with Crippen molar-refractivity contribution in [1.29, 1.82) is 0 Å². The Bertz CT molecular complexity index is 1200. The van der Waals surface area contributed by atoms with Gasteiger partial charge in [0.2, 0.25) is 0 Å². The van der Waals surface area contributed by atoms with Crippen LogP contribution in [0.1, 0.15) is 41.7 Å². The van der Waals surface area contributed by atoms with E-state index < -0.39 is 21.5 Å². The number of nitrogens with one attached hydrogen (secondary N) is 2. The maximum atomic E-state index is 12.8. The fourth-order valence-corrected chi connectivity index (χ4v) is 5.91. The minimum atomic E-state index is -3.44. The van der Waals surface area contributed by atoms with Crippen molar-refractivity contribution in [2.24, 2.45) is 0 Å². The maximum absolute atomic E-state index is 12.8. The number of fused-ring (bicyclic) bond motifs is 1. The number of rotatable bonds is 5. The predicted octanol–water partition coefficient (Wildman–Crippen LogP) is 4.01. The van der Waals surface area contributed by atoms with Gasteiger partial charge in [0, 0.05) is 22.3 Å². The highest BCUT2D eigenvalue weighted by atomic mass is 32.2. The number of H-pyrrole nitrogens is 1. The Morgan fingerprint density at radius 3 is 2.52 bits per heavy atom. The Balaban J connectivity index is 1.59. The highest BCUT2D eigenvalue weighted by Crippen LogP contribution is 2.30. The maximum Gasteiger partial charge on any atom is 0.296 e. The number of carbonyl (C=O) groups is 2. The van der Waals surface area contributed by atoms with E-state index in [0.29, 0.717) is 35.2 Å². The molecule has 3 aromatic rings. The van der Waals surface area contributed by atoms with Gasteiger partial charge in [0.15, 0.2) is 9.84 Å². The van der Waals surface area contributed by atoms with Gasteiger partial charge in [-0.1, -0.05) is 37.1 Å². The molecule has 1 aromatic heterocycles. The van der Waals surface area contributed by atoms with Crippen LogP contribution < -0.4 is 5.32 Å². The van der Waals surface area contributed by atoms with E-state index in [0.717, 1.165) is 18.4 Å². The van der Waals surface area contributed by atoms with Crippen LogP contribution in [0.5, 0.6) is 0 Å². The van der Waals surface area contributed by atoms with E-state index in [9.17, 15) is 18.0 Å². The summed E-state index contributed by atoms with van der Waals surface area (Å²) in [4.78, 5) is 28.7. The molecule has 0 saturated heterocycles. The van der Waals surface area contributed by atoms with Crippen LogP contribution in [-0.4, -0.2) is 30.3 Å². The number of sulfone groups is 1. The Morgan fingerprint density at radius 1 is 1.03 bits per heavy atom. The summed E-state index contributed by atoms with van der Waals surface area (Å²) >= 11 is 0. The summed E-state index contributed by atoms with van der Waals surface area (Å²) in [7, 11) is -3.44. The van der Waals surface area contributed by atoms with Gasteiger partial charge in [-0.15, -0.1) is 0 Å². The first-order chi connectivity index (χ1) is 13.9. The molecule has 0 atom stereocenters. The second-order valence-electron chi connectivity index (χ2n) is 7.43. The number of aryl methyl sites for hydroxylation is 1. The molecular formula is C22H22N2O4S. The van der Waals surface area contributed by atoms with Gasteiger partial charge in [-0.2, -0.15) is 0 Å². The molecule has 2 aromatic carbocycles. The van der Waals surface area contributed by atoms with Gasteiger partial charge in [0.05, 0.1) is 15.7 Å². The smallest absolute Gasteiger partial charge is 0.296 e. The minimum Gasteiger partial charge on any atom is -0.358 e. The lowest BCUT2D eigenvalue weighted by Gasteiger charge is -2.12. The summed E-state index contributed by atoms with van der Waals surface area (Å²) in [5.74, 6) is -1.46. The number of Topliss-reactive ketones (excluding diaryl/α,β-unsaturated/α-hetero) is 1. The molecule has 1 aliphatic rings. The number of amides is 1. The molecule has 0 radical (unpaired) electrons. The molecule has 4 rings (SSSR count). The van der Waals surface area contributed by atoms with Crippen LogP contribution in [0.25, 0.3) is 10.9 Å². The molecule has 7 heteroatoms. The Labute approximate surface area is 169 Å². The second-order valence-corrected chi connectivity index (χ2v) is 9.66. The van der Waals surface area contributed by atoms with Crippen LogP contribution in [-0.2, 0) is 14.6 Å². The SMILES string of the molecule is Cc1[nH]c2ccccc2c1C(=O)C(=O)Nc1cccc(S(=O)(=O)C2CCCC2)c1. The molecule has 29 heavy (non-hydrogen) atoms. The van der Waals surface area contributed by atoms with Crippen molar-refractivity contribution in [2.75, 3.05) is 5.32 Å². The van der Waals surface area contributed by atoms with Crippen LogP contribution >= 0.6 is 0 Å². The summed E-state index contributed by atoms with van der Waals surface area (Å²) in [6.45, 7) is 1.75. The lowest BCUT2D eigenvalue weighted by Crippen LogP contribution is -2.24. The first kappa shape index (κ1) is 19.4. The van der Waals surface area contributed by atoms with Crippen molar-refractivity contribution in [3.05, 3.63) is 59.8 Å². The Kier molecular flexibility index (Phi) is 5.00. The lowest BCUT2D eigenvalue weighted by atomic mass is 10.1. The molecule has 1 saturated carbocycles. The largest absolute Gasteiger partial charge is 0.358 e. The van der Waals surface area contributed by atoms with Gasteiger partial charge >= 0.3 is 0 Å². The van der Waals surface area contributed by atoms with Gasteiger partial charge in [0.25, 0.3) is 11.7 Å². The Morgan fingerprint density at radius 2 is 1.76 bits per heavy atom.